The van der Waals surface area contributed by atoms with Crippen molar-refractivity contribution in [1.82, 2.24) is 5.16 Å². The number of amides is 1. The summed E-state index contributed by atoms with van der Waals surface area (Å²) in [5.74, 6) is -2.06. The molecule has 1 amide bonds. The van der Waals surface area contributed by atoms with Crippen molar-refractivity contribution in [2.75, 3.05) is 5.32 Å². The van der Waals surface area contributed by atoms with Gasteiger partial charge in [0.1, 0.15) is 5.76 Å². The lowest BCUT2D eigenvalue weighted by Crippen LogP contribution is -2.12. The summed E-state index contributed by atoms with van der Waals surface area (Å²) < 4.78 is 30.2. The summed E-state index contributed by atoms with van der Waals surface area (Å²) >= 11 is 0. The van der Waals surface area contributed by atoms with E-state index in [1.807, 2.05) is 0 Å². The third kappa shape index (κ3) is 2.47. The number of aryl methyl sites for hydroxylation is 1. The molecule has 0 spiro atoms. The van der Waals surface area contributed by atoms with Crippen LogP contribution in [-0.4, -0.2) is 11.1 Å². The van der Waals surface area contributed by atoms with Crippen LogP contribution in [0, 0.1) is 18.6 Å². The molecule has 0 aliphatic heterocycles. The Hall–Kier alpha value is -2.24. The van der Waals surface area contributed by atoms with E-state index >= 15 is 0 Å². The molecule has 0 radical (unpaired) electrons. The topological polar surface area (TPSA) is 55.1 Å². The third-order valence-corrected chi connectivity index (χ3v) is 2.04. The zero-order chi connectivity index (χ0) is 12.4. The van der Waals surface area contributed by atoms with Gasteiger partial charge in [-0.05, 0) is 19.1 Å². The Bertz CT molecular complexity index is 566. The van der Waals surface area contributed by atoms with E-state index in [0.717, 1.165) is 12.1 Å². The van der Waals surface area contributed by atoms with Gasteiger partial charge in [-0.15, -0.1) is 0 Å². The van der Waals surface area contributed by atoms with Gasteiger partial charge in [-0.25, -0.2) is 8.78 Å². The summed E-state index contributed by atoms with van der Waals surface area (Å²) in [4.78, 5) is 11.6. The van der Waals surface area contributed by atoms with Gasteiger partial charge >= 0.3 is 0 Å². The second kappa shape index (κ2) is 4.32. The lowest BCUT2D eigenvalue weighted by molar-refractivity contribution is 0.101. The molecule has 0 aliphatic rings. The van der Waals surface area contributed by atoms with Crippen LogP contribution in [0.2, 0.25) is 0 Å². The van der Waals surface area contributed by atoms with Crippen LogP contribution in [-0.2, 0) is 0 Å². The largest absolute Gasteiger partial charge is 0.361 e. The minimum atomic E-state index is -1.03. The van der Waals surface area contributed by atoms with Crippen molar-refractivity contribution in [3.05, 3.63) is 47.4 Å². The van der Waals surface area contributed by atoms with Crippen molar-refractivity contribution in [2.45, 2.75) is 6.92 Å². The molecule has 1 aromatic carbocycles. The minimum absolute atomic E-state index is 0.0761. The first-order valence-electron chi connectivity index (χ1n) is 4.76. The van der Waals surface area contributed by atoms with Crippen molar-refractivity contribution in [2.24, 2.45) is 0 Å². The number of anilines is 1. The van der Waals surface area contributed by atoms with Crippen LogP contribution in [0.5, 0.6) is 0 Å². The van der Waals surface area contributed by atoms with Crippen LogP contribution in [0.15, 0.2) is 28.8 Å². The average molecular weight is 238 g/mol. The highest BCUT2D eigenvalue weighted by molar-refractivity contribution is 6.02. The molecule has 17 heavy (non-hydrogen) atoms. The van der Waals surface area contributed by atoms with Gasteiger partial charge in [-0.1, -0.05) is 5.16 Å². The summed E-state index contributed by atoms with van der Waals surface area (Å²) in [6, 6.07) is 4.51. The zero-order valence-corrected chi connectivity index (χ0v) is 8.83. The molecule has 0 saturated carbocycles. The van der Waals surface area contributed by atoms with Crippen molar-refractivity contribution >= 4 is 11.6 Å². The minimum Gasteiger partial charge on any atom is -0.361 e. The fraction of sp³-hybridized carbons (Fsp3) is 0.0909. The first kappa shape index (κ1) is 11.3. The van der Waals surface area contributed by atoms with E-state index < -0.39 is 17.5 Å². The number of nitrogens with zero attached hydrogens (tertiary/aromatic N) is 1. The Kier molecular flexibility index (Phi) is 2.86. The maximum Gasteiger partial charge on any atom is 0.277 e. The SMILES string of the molecule is Cc1cc(C(=O)Nc2ccc(F)c(F)c2)no1. The molecule has 2 rings (SSSR count). The molecular weight excluding hydrogens is 230 g/mol. The van der Waals surface area contributed by atoms with Crippen LogP contribution in [0.3, 0.4) is 0 Å². The van der Waals surface area contributed by atoms with Crippen LogP contribution in [0.4, 0.5) is 14.5 Å². The molecule has 1 N–H and O–H groups in total. The van der Waals surface area contributed by atoms with Gasteiger partial charge in [0.15, 0.2) is 17.3 Å². The van der Waals surface area contributed by atoms with Crippen molar-refractivity contribution < 1.29 is 18.1 Å². The summed E-state index contributed by atoms with van der Waals surface area (Å²) in [5.41, 5.74) is 0.224. The molecule has 0 fully saturated rings. The van der Waals surface area contributed by atoms with Gasteiger partial charge < -0.3 is 9.84 Å². The van der Waals surface area contributed by atoms with E-state index in [0.29, 0.717) is 5.76 Å². The number of carbonyl (C=O) groups excluding carboxylic acids is 1. The first-order chi connectivity index (χ1) is 8.06. The highest BCUT2D eigenvalue weighted by Gasteiger charge is 2.12. The van der Waals surface area contributed by atoms with Crippen LogP contribution < -0.4 is 5.32 Å². The molecule has 88 valence electrons. The monoisotopic (exact) mass is 238 g/mol. The van der Waals surface area contributed by atoms with Gasteiger partial charge in [-0.2, -0.15) is 0 Å². The van der Waals surface area contributed by atoms with Gasteiger partial charge in [0.2, 0.25) is 0 Å². The first-order valence-corrected chi connectivity index (χ1v) is 4.76. The predicted octanol–water partition coefficient (Wildman–Crippen LogP) is 2.51. The van der Waals surface area contributed by atoms with Crippen molar-refractivity contribution in [3.63, 3.8) is 0 Å². The third-order valence-electron chi connectivity index (χ3n) is 2.04. The molecule has 1 aromatic heterocycles. The van der Waals surface area contributed by atoms with E-state index in [4.69, 9.17) is 4.52 Å². The van der Waals surface area contributed by atoms with Gasteiger partial charge in [-0.3, -0.25) is 4.79 Å². The lowest BCUT2D eigenvalue weighted by atomic mass is 10.3. The number of halogens is 2. The van der Waals surface area contributed by atoms with Crippen molar-refractivity contribution in [3.8, 4) is 0 Å². The quantitative estimate of drug-likeness (QED) is 0.874. The van der Waals surface area contributed by atoms with Gasteiger partial charge in [0, 0.05) is 17.8 Å². The Morgan fingerprint density at radius 3 is 2.65 bits per heavy atom. The van der Waals surface area contributed by atoms with E-state index in [9.17, 15) is 13.6 Å². The fourth-order valence-electron chi connectivity index (χ4n) is 1.24. The molecule has 2 aromatic rings. The number of benzene rings is 1. The number of hydrogen-bond acceptors (Lipinski definition) is 3. The molecule has 0 unspecified atom stereocenters. The molecule has 0 aliphatic carbocycles. The number of hydrogen-bond donors (Lipinski definition) is 1. The molecule has 0 saturated heterocycles. The molecule has 0 bridgehead atoms. The van der Waals surface area contributed by atoms with E-state index in [1.165, 1.54) is 12.1 Å². The predicted molar refractivity (Wildman–Crippen MR) is 55.6 cm³/mol. The Balaban J connectivity index is 2.15. The van der Waals surface area contributed by atoms with Crippen LogP contribution in [0.25, 0.3) is 0 Å². The number of carbonyl (C=O) groups is 1. The van der Waals surface area contributed by atoms with Crippen LogP contribution >= 0.6 is 0 Å². The highest BCUT2D eigenvalue weighted by atomic mass is 19.2. The summed E-state index contributed by atoms with van der Waals surface area (Å²) in [6.07, 6.45) is 0. The number of aromatic nitrogens is 1. The Morgan fingerprint density at radius 2 is 2.06 bits per heavy atom. The Morgan fingerprint density at radius 1 is 1.29 bits per heavy atom. The molecule has 1 heterocycles. The standard InChI is InChI=1S/C11H8F2N2O2/c1-6-4-10(15-17-6)11(16)14-7-2-3-8(12)9(13)5-7/h2-5H,1H3,(H,14,16). The smallest absolute Gasteiger partial charge is 0.277 e. The maximum absolute atomic E-state index is 12.9. The molecule has 6 heteroatoms. The summed E-state index contributed by atoms with van der Waals surface area (Å²) in [6.45, 7) is 1.64. The lowest BCUT2D eigenvalue weighted by Gasteiger charge is -2.02. The zero-order valence-electron chi connectivity index (χ0n) is 8.83. The second-order valence-corrected chi connectivity index (χ2v) is 3.41. The molecule has 0 atom stereocenters. The molecular formula is C11H8F2N2O2. The second-order valence-electron chi connectivity index (χ2n) is 3.41. The number of nitrogens with one attached hydrogen (secondary N) is 1. The van der Waals surface area contributed by atoms with Crippen molar-refractivity contribution in [1.29, 1.82) is 0 Å². The van der Waals surface area contributed by atoms with E-state index in [1.54, 1.807) is 6.92 Å². The molecule has 4 nitrogen and oxygen atoms in total. The summed E-state index contributed by atoms with van der Waals surface area (Å²) in [5, 5.41) is 5.87. The Labute approximate surface area is 95.2 Å². The maximum atomic E-state index is 12.9. The normalized spacial score (nSPS) is 10.3. The fourth-order valence-corrected chi connectivity index (χ4v) is 1.24. The van der Waals surface area contributed by atoms with Gasteiger partial charge in [0.25, 0.3) is 5.91 Å². The highest BCUT2D eigenvalue weighted by Crippen LogP contribution is 2.14. The number of rotatable bonds is 2. The van der Waals surface area contributed by atoms with E-state index in [-0.39, 0.29) is 11.4 Å². The summed E-state index contributed by atoms with van der Waals surface area (Å²) in [7, 11) is 0. The van der Waals surface area contributed by atoms with E-state index in [2.05, 4.69) is 10.5 Å². The van der Waals surface area contributed by atoms with Gasteiger partial charge in [0.05, 0.1) is 0 Å². The van der Waals surface area contributed by atoms with Crippen LogP contribution in [0.1, 0.15) is 16.2 Å². The average Bonchev–Trinajstić information content (AvgIpc) is 2.70.